The smallest absolute Gasteiger partial charge is 0.378 e. The summed E-state index contributed by atoms with van der Waals surface area (Å²) in [6.45, 7) is 2.70. The van der Waals surface area contributed by atoms with E-state index >= 15 is 0 Å². The van der Waals surface area contributed by atoms with Gasteiger partial charge in [0.2, 0.25) is 11.9 Å². The predicted molar refractivity (Wildman–Crippen MR) is 126 cm³/mol. The van der Waals surface area contributed by atoms with E-state index in [4.69, 9.17) is 4.84 Å². The first-order valence-electron chi connectivity index (χ1n) is 11.6. The molecular weight excluding hydrogens is 498 g/mol. The van der Waals surface area contributed by atoms with Crippen LogP contribution in [0.4, 0.5) is 29.2 Å². The Kier molecular flexibility index (Phi) is 7.86. The van der Waals surface area contributed by atoms with Crippen molar-refractivity contribution in [1.29, 1.82) is 0 Å². The van der Waals surface area contributed by atoms with Crippen molar-refractivity contribution in [2.75, 3.05) is 29.9 Å². The number of amides is 1. The van der Waals surface area contributed by atoms with Crippen LogP contribution in [0, 0.1) is 11.7 Å². The van der Waals surface area contributed by atoms with Crippen LogP contribution in [0.5, 0.6) is 0 Å². The van der Waals surface area contributed by atoms with Gasteiger partial charge in [-0.05, 0) is 43.9 Å². The first-order chi connectivity index (χ1) is 17.6. The Bertz CT molecular complexity index is 1310. The highest BCUT2D eigenvalue weighted by molar-refractivity contribution is 5.78. The second kappa shape index (κ2) is 11.1. The number of carbonyl (C=O) groups excluding carboxylic acids is 1. The molecule has 1 aliphatic rings. The zero-order chi connectivity index (χ0) is 26.6. The van der Waals surface area contributed by atoms with Crippen LogP contribution in [0.3, 0.4) is 0 Å². The number of aromatic nitrogens is 4. The van der Waals surface area contributed by atoms with Crippen molar-refractivity contribution in [2.45, 2.75) is 38.4 Å². The molecule has 1 saturated heterocycles. The molecule has 1 atom stereocenters. The maximum Gasteiger partial charge on any atom is 0.423 e. The highest BCUT2D eigenvalue weighted by Gasteiger charge is 2.37. The van der Waals surface area contributed by atoms with Crippen molar-refractivity contribution in [2.24, 2.45) is 5.92 Å². The van der Waals surface area contributed by atoms with E-state index in [1.165, 1.54) is 19.1 Å². The molecule has 0 saturated carbocycles. The lowest BCUT2D eigenvalue weighted by atomic mass is 9.93. The molecule has 37 heavy (non-hydrogen) atoms. The summed E-state index contributed by atoms with van der Waals surface area (Å²) < 4.78 is 52.8. The van der Waals surface area contributed by atoms with E-state index < -0.39 is 29.0 Å². The average molecular weight is 523 g/mol. The number of nitrogens with one attached hydrogen (secondary N) is 3. The summed E-state index contributed by atoms with van der Waals surface area (Å²) in [5.74, 6) is -0.0284. The normalized spacial score (nSPS) is 15.5. The number of alkyl halides is 3. The monoisotopic (exact) mass is 523 g/mol. The first kappa shape index (κ1) is 26.3. The number of hydrogen-bond donors (Lipinski definition) is 3. The van der Waals surface area contributed by atoms with E-state index in [0.29, 0.717) is 29.9 Å². The summed E-state index contributed by atoms with van der Waals surface area (Å²) in [5, 5.41) is 8.30. The number of halogens is 4. The molecule has 4 rings (SSSR count). The van der Waals surface area contributed by atoms with Gasteiger partial charge in [-0.15, -0.1) is 0 Å². The SMILES string of the molecule is C[C@@H](CONC(=O)CC1CCN(c2ncc3cc(F)ccc3n2)CC1)Nc1cn[nH]c(=O)c1C(F)(F)F. The van der Waals surface area contributed by atoms with Gasteiger partial charge in [0.15, 0.2) is 0 Å². The van der Waals surface area contributed by atoms with Crippen LogP contribution in [0.1, 0.15) is 31.7 Å². The second-order valence-corrected chi connectivity index (χ2v) is 8.87. The molecule has 3 N–H and O–H groups in total. The average Bonchev–Trinajstić information content (AvgIpc) is 2.83. The molecule has 1 aromatic carbocycles. The van der Waals surface area contributed by atoms with Gasteiger partial charge in [0.1, 0.15) is 11.4 Å². The molecule has 0 aliphatic carbocycles. The highest BCUT2D eigenvalue weighted by Crippen LogP contribution is 2.31. The minimum absolute atomic E-state index is 0.112. The van der Waals surface area contributed by atoms with E-state index in [1.54, 1.807) is 17.4 Å². The van der Waals surface area contributed by atoms with Crippen molar-refractivity contribution in [1.82, 2.24) is 25.6 Å². The molecule has 1 amide bonds. The molecule has 2 aromatic heterocycles. The minimum atomic E-state index is -4.86. The Morgan fingerprint density at radius 2 is 2.03 bits per heavy atom. The number of fused-ring (bicyclic) bond motifs is 1. The van der Waals surface area contributed by atoms with E-state index in [1.807, 2.05) is 4.90 Å². The van der Waals surface area contributed by atoms with Crippen molar-refractivity contribution in [3.05, 3.63) is 52.3 Å². The van der Waals surface area contributed by atoms with Crippen molar-refractivity contribution in [3.63, 3.8) is 0 Å². The topological polar surface area (TPSA) is 125 Å². The molecule has 0 bridgehead atoms. The van der Waals surface area contributed by atoms with E-state index in [0.717, 1.165) is 19.0 Å². The molecule has 0 radical (unpaired) electrons. The van der Waals surface area contributed by atoms with Gasteiger partial charge in [0, 0.05) is 37.1 Å². The number of carbonyl (C=O) groups is 1. The second-order valence-electron chi connectivity index (χ2n) is 8.87. The van der Waals surface area contributed by atoms with Crippen molar-refractivity contribution in [3.8, 4) is 0 Å². The highest BCUT2D eigenvalue weighted by atomic mass is 19.4. The third-order valence-corrected chi connectivity index (χ3v) is 5.96. The molecule has 14 heteroatoms. The Labute approximate surface area is 208 Å². The Balaban J connectivity index is 1.20. The number of piperidine rings is 1. The molecular formula is C23H25F4N7O3. The van der Waals surface area contributed by atoms with Gasteiger partial charge in [-0.25, -0.2) is 24.9 Å². The van der Waals surface area contributed by atoms with Crippen molar-refractivity contribution < 1.29 is 27.2 Å². The lowest BCUT2D eigenvalue weighted by molar-refractivity contribution is -0.138. The van der Waals surface area contributed by atoms with E-state index in [2.05, 4.69) is 25.9 Å². The fraction of sp³-hybridized carbons (Fsp3) is 0.435. The number of aromatic amines is 1. The van der Waals surface area contributed by atoms with Gasteiger partial charge < -0.3 is 10.2 Å². The standard InChI is InChI=1S/C23H25F4N7O3/c1-13(30-18-11-29-32-21(36)20(18)23(25,26)27)12-37-33-19(35)8-14-4-6-34(7-5-14)22-28-10-15-9-16(24)2-3-17(15)31-22/h2-3,9-11,13-14H,4-8,12H2,1H3,(H,33,35)(H2,30,32,36)/t13-/m0/s1. The maximum absolute atomic E-state index is 13.3. The molecule has 1 fully saturated rings. The van der Waals surface area contributed by atoms with Gasteiger partial charge in [-0.3, -0.25) is 14.4 Å². The summed E-state index contributed by atoms with van der Waals surface area (Å²) in [6.07, 6.45) is -0.719. The first-order valence-corrected chi connectivity index (χ1v) is 11.6. The van der Waals surface area contributed by atoms with Crippen molar-refractivity contribution >= 4 is 28.4 Å². The fourth-order valence-corrected chi connectivity index (χ4v) is 4.13. The number of hydrogen-bond acceptors (Lipinski definition) is 8. The number of anilines is 2. The van der Waals surface area contributed by atoms with Crippen LogP contribution < -0.4 is 21.3 Å². The lowest BCUT2D eigenvalue weighted by Gasteiger charge is -2.31. The maximum atomic E-state index is 13.3. The van der Waals surface area contributed by atoms with Gasteiger partial charge in [0.05, 0.1) is 24.0 Å². The number of benzene rings is 1. The zero-order valence-electron chi connectivity index (χ0n) is 19.8. The zero-order valence-corrected chi connectivity index (χ0v) is 19.8. The molecule has 0 spiro atoms. The van der Waals surface area contributed by atoms with Gasteiger partial charge in [0.25, 0.3) is 5.56 Å². The molecule has 1 aliphatic heterocycles. The third-order valence-electron chi connectivity index (χ3n) is 5.96. The van der Waals surface area contributed by atoms with Gasteiger partial charge in [-0.2, -0.15) is 18.3 Å². The fourth-order valence-electron chi connectivity index (χ4n) is 4.13. The van der Waals surface area contributed by atoms with Crippen LogP contribution in [0.2, 0.25) is 0 Å². The Hall–Kier alpha value is -3.81. The number of H-pyrrole nitrogens is 1. The number of nitrogens with zero attached hydrogens (tertiary/aromatic N) is 4. The summed E-state index contributed by atoms with van der Waals surface area (Å²) >= 11 is 0. The number of hydroxylamine groups is 1. The van der Waals surface area contributed by atoms with Crippen LogP contribution in [0.15, 0.2) is 35.4 Å². The van der Waals surface area contributed by atoms with Crippen LogP contribution in [0.25, 0.3) is 10.9 Å². The minimum Gasteiger partial charge on any atom is -0.378 e. The van der Waals surface area contributed by atoms with Gasteiger partial charge in [-0.1, -0.05) is 0 Å². The van der Waals surface area contributed by atoms with E-state index in [9.17, 15) is 27.2 Å². The summed E-state index contributed by atoms with van der Waals surface area (Å²) in [7, 11) is 0. The third kappa shape index (κ3) is 6.70. The quantitative estimate of drug-likeness (QED) is 0.304. The number of rotatable bonds is 8. The van der Waals surface area contributed by atoms with Crippen LogP contribution in [-0.2, 0) is 15.8 Å². The molecule has 198 valence electrons. The van der Waals surface area contributed by atoms with E-state index in [-0.39, 0.29) is 30.7 Å². The summed E-state index contributed by atoms with van der Waals surface area (Å²) in [4.78, 5) is 39.8. The molecule has 3 aromatic rings. The molecule has 10 nitrogen and oxygen atoms in total. The Morgan fingerprint density at radius 1 is 1.27 bits per heavy atom. The lowest BCUT2D eigenvalue weighted by Crippen LogP contribution is -2.37. The predicted octanol–water partition coefficient (Wildman–Crippen LogP) is 3.03. The Morgan fingerprint density at radius 3 is 2.76 bits per heavy atom. The summed E-state index contributed by atoms with van der Waals surface area (Å²) in [6, 6.07) is 3.67. The summed E-state index contributed by atoms with van der Waals surface area (Å²) in [5.41, 5.74) is -0.246. The largest absolute Gasteiger partial charge is 0.423 e. The van der Waals surface area contributed by atoms with Gasteiger partial charge >= 0.3 is 6.18 Å². The molecule has 3 heterocycles. The molecule has 0 unspecified atom stereocenters. The van der Waals surface area contributed by atoms with Crippen LogP contribution in [-0.4, -0.2) is 51.8 Å². The van der Waals surface area contributed by atoms with Crippen LogP contribution >= 0.6 is 0 Å².